The predicted octanol–water partition coefficient (Wildman–Crippen LogP) is 1.91. The first-order chi connectivity index (χ1) is 9.65. The van der Waals surface area contributed by atoms with Gasteiger partial charge in [0.2, 0.25) is 0 Å². The maximum Gasteiger partial charge on any atom is 0.261 e. The summed E-state index contributed by atoms with van der Waals surface area (Å²) >= 11 is 0. The lowest BCUT2D eigenvalue weighted by Crippen LogP contribution is -2.37. The molecular weight excluding hydrogens is 256 g/mol. The lowest BCUT2D eigenvalue weighted by Gasteiger charge is -2.11. The van der Waals surface area contributed by atoms with Gasteiger partial charge in [0, 0.05) is 18.5 Å². The van der Waals surface area contributed by atoms with Crippen molar-refractivity contribution in [2.75, 3.05) is 0 Å². The molecule has 1 aromatic carbocycles. The topological polar surface area (TPSA) is 64.4 Å². The fraction of sp³-hybridized carbons (Fsp3) is 0.333. The molecule has 1 aromatic heterocycles. The summed E-state index contributed by atoms with van der Waals surface area (Å²) in [5, 5.41) is 6.75. The molecule has 104 valence electrons. The molecule has 0 fully saturated rings. The second kappa shape index (κ2) is 5.00. The van der Waals surface area contributed by atoms with Crippen LogP contribution in [0.2, 0.25) is 0 Å². The highest BCUT2D eigenvalue weighted by Crippen LogP contribution is 2.28. The lowest BCUT2D eigenvalue weighted by atomic mass is 10.1. The Morgan fingerprint density at radius 2 is 2.20 bits per heavy atom. The molecule has 0 radical (unpaired) electrons. The quantitative estimate of drug-likeness (QED) is 0.927. The normalized spacial score (nSPS) is 16.6. The van der Waals surface area contributed by atoms with Crippen LogP contribution in [0.25, 0.3) is 0 Å². The largest absolute Gasteiger partial charge is 0.480 e. The number of ether oxygens (including phenoxy) is 1. The van der Waals surface area contributed by atoms with Crippen LogP contribution in [0.1, 0.15) is 22.6 Å². The lowest BCUT2D eigenvalue weighted by molar-refractivity contribution is -0.127. The molecule has 0 bridgehead atoms. The molecule has 0 aliphatic carbocycles. The van der Waals surface area contributed by atoms with Crippen molar-refractivity contribution < 1.29 is 14.1 Å². The summed E-state index contributed by atoms with van der Waals surface area (Å²) in [5.41, 5.74) is 2.80. The average molecular weight is 272 g/mol. The Balaban J connectivity index is 1.62. The number of para-hydroxylation sites is 1. The van der Waals surface area contributed by atoms with Crippen LogP contribution in [0.5, 0.6) is 5.75 Å². The van der Waals surface area contributed by atoms with Gasteiger partial charge in [0.05, 0.1) is 5.69 Å². The van der Waals surface area contributed by atoms with E-state index in [2.05, 4.69) is 10.5 Å². The van der Waals surface area contributed by atoms with Gasteiger partial charge in [0.15, 0.2) is 6.10 Å². The molecule has 0 spiro atoms. The van der Waals surface area contributed by atoms with Gasteiger partial charge in [-0.1, -0.05) is 23.4 Å². The van der Waals surface area contributed by atoms with Crippen LogP contribution in [0.15, 0.2) is 28.8 Å². The smallest absolute Gasteiger partial charge is 0.261 e. The summed E-state index contributed by atoms with van der Waals surface area (Å²) in [6, 6.07) is 7.73. The van der Waals surface area contributed by atoms with Crippen molar-refractivity contribution in [3.05, 3.63) is 46.8 Å². The summed E-state index contributed by atoms with van der Waals surface area (Å²) in [6.45, 7) is 4.11. The van der Waals surface area contributed by atoms with Gasteiger partial charge in [-0.05, 0) is 25.5 Å². The van der Waals surface area contributed by atoms with Crippen molar-refractivity contribution in [3.63, 3.8) is 0 Å². The zero-order valence-electron chi connectivity index (χ0n) is 11.5. The minimum absolute atomic E-state index is 0.110. The molecule has 1 aliphatic rings. The number of carbonyl (C=O) groups is 1. The Hall–Kier alpha value is -2.30. The van der Waals surface area contributed by atoms with Crippen LogP contribution in [-0.2, 0) is 17.8 Å². The molecule has 1 atom stereocenters. The standard InChI is InChI=1S/C15H16N2O3/c1-9-12(10(2)20-17-9)8-16-15(18)14-7-11-5-3-4-6-13(11)19-14/h3-6,14H,7-8H2,1-2H3,(H,16,18)/t14-/m1/s1. The van der Waals surface area contributed by atoms with E-state index in [0.717, 1.165) is 28.3 Å². The van der Waals surface area contributed by atoms with Gasteiger partial charge in [-0.15, -0.1) is 0 Å². The Morgan fingerprint density at radius 1 is 1.40 bits per heavy atom. The first kappa shape index (κ1) is 12.7. The summed E-state index contributed by atoms with van der Waals surface area (Å²) in [5.74, 6) is 1.42. The molecule has 2 aromatic rings. The zero-order valence-corrected chi connectivity index (χ0v) is 11.5. The van der Waals surface area contributed by atoms with E-state index in [1.807, 2.05) is 38.1 Å². The number of aromatic nitrogens is 1. The molecule has 2 heterocycles. The minimum Gasteiger partial charge on any atom is -0.480 e. The second-order valence-electron chi connectivity index (χ2n) is 4.94. The summed E-state index contributed by atoms with van der Waals surface area (Å²) in [7, 11) is 0. The monoisotopic (exact) mass is 272 g/mol. The van der Waals surface area contributed by atoms with Gasteiger partial charge >= 0.3 is 0 Å². The molecule has 1 N–H and O–H groups in total. The maximum atomic E-state index is 12.1. The minimum atomic E-state index is -0.451. The van der Waals surface area contributed by atoms with Crippen molar-refractivity contribution in [2.24, 2.45) is 0 Å². The zero-order chi connectivity index (χ0) is 14.1. The van der Waals surface area contributed by atoms with Crippen LogP contribution in [0, 0.1) is 13.8 Å². The predicted molar refractivity (Wildman–Crippen MR) is 72.4 cm³/mol. The number of hydrogen-bond acceptors (Lipinski definition) is 4. The van der Waals surface area contributed by atoms with E-state index < -0.39 is 6.10 Å². The number of hydrogen-bond donors (Lipinski definition) is 1. The number of rotatable bonds is 3. The first-order valence-corrected chi connectivity index (χ1v) is 6.59. The van der Waals surface area contributed by atoms with Crippen molar-refractivity contribution in [3.8, 4) is 5.75 Å². The number of nitrogens with zero attached hydrogens (tertiary/aromatic N) is 1. The number of nitrogens with one attached hydrogen (secondary N) is 1. The van der Waals surface area contributed by atoms with Crippen LogP contribution in [0.4, 0.5) is 0 Å². The van der Waals surface area contributed by atoms with E-state index in [9.17, 15) is 4.79 Å². The van der Waals surface area contributed by atoms with Gasteiger partial charge in [-0.25, -0.2) is 0 Å². The van der Waals surface area contributed by atoms with E-state index in [1.54, 1.807) is 0 Å². The highest BCUT2D eigenvalue weighted by atomic mass is 16.5. The highest BCUT2D eigenvalue weighted by Gasteiger charge is 2.28. The van der Waals surface area contributed by atoms with Crippen molar-refractivity contribution in [1.82, 2.24) is 10.5 Å². The number of fused-ring (bicyclic) bond motifs is 1. The van der Waals surface area contributed by atoms with Crippen molar-refractivity contribution in [2.45, 2.75) is 32.9 Å². The van der Waals surface area contributed by atoms with Crippen molar-refractivity contribution >= 4 is 5.91 Å². The molecule has 5 nitrogen and oxygen atoms in total. The number of carbonyl (C=O) groups excluding carboxylic acids is 1. The molecule has 0 unspecified atom stereocenters. The van der Waals surface area contributed by atoms with E-state index in [4.69, 9.17) is 9.26 Å². The molecule has 1 aliphatic heterocycles. The fourth-order valence-electron chi connectivity index (χ4n) is 2.37. The summed E-state index contributed by atoms with van der Waals surface area (Å²) in [4.78, 5) is 12.1. The third-order valence-corrected chi connectivity index (χ3v) is 3.56. The highest BCUT2D eigenvalue weighted by molar-refractivity contribution is 5.82. The molecule has 0 saturated heterocycles. The Bertz CT molecular complexity index is 604. The van der Waals surface area contributed by atoms with Gasteiger partial charge in [0.25, 0.3) is 5.91 Å². The molecule has 0 saturated carbocycles. The molecule has 5 heteroatoms. The van der Waals surface area contributed by atoms with Crippen LogP contribution >= 0.6 is 0 Å². The average Bonchev–Trinajstić information content (AvgIpc) is 3.01. The Kier molecular flexibility index (Phi) is 3.18. The summed E-state index contributed by atoms with van der Waals surface area (Å²) in [6.07, 6.45) is 0.164. The van der Waals surface area contributed by atoms with Crippen molar-refractivity contribution in [1.29, 1.82) is 0 Å². The van der Waals surface area contributed by atoms with Gasteiger partial charge in [-0.3, -0.25) is 4.79 Å². The van der Waals surface area contributed by atoms with E-state index in [0.29, 0.717) is 13.0 Å². The molecular formula is C15H16N2O3. The van der Waals surface area contributed by atoms with Crippen LogP contribution in [-0.4, -0.2) is 17.2 Å². The number of amides is 1. The van der Waals surface area contributed by atoms with E-state index in [1.165, 1.54) is 0 Å². The van der Waals surface area contributed by atoms with Gasteiger partial charge < -0.3 is 14.6 Å². The second-order valence-corrected chi connectivity index (χ2v) is 4.94. The number of aryl methyl sites for hydroxylation is 2. The Morgan fingerprint density at radius 3 is 2.90 bits per heavy atom. The van der Waals surface area contributed by atoms with Gasteiger partial charge in [0.1, 0.15) is 11.5 Å². The maximum absolute atomic E-state index is 12.1. The molecule has 20 heavy (non-hydrogen) atoms. The fourth-order valence-corrected chi connectivity index (χ4v) is 2.37. The first-order valence-electron chi connectivity index (χ1n) is 6.59. The molecule has 3 rings (SSSR count). The Labute approximate surface area is 116 Å². The third-order valence-electron chi connectivity index (χ3n) is 3.56. The summed E-state index contributed by atoms with van der Waals surface area (Å²) < 4.78 is 10.7. The van der Waals surface area contributed by atoms with E-state index >= 15 is 0 Å². The SMILES string of the molecule is Cc1noc(C)c1CNC(=O)[C@H]1Cc2ccccc2O1. The van der Waals surface area contributed by atoms with Crippen LogP contribution in [0.3, 0.4) is 0 Å². The van der Waals surface area contributed by atoms with E-state index in [-0.39, 0.29) is 5.91 Å². The molecule has 1 amide bonds. The van der Waals surface area contributed by atoms with Gasteiger partial charge in [-0.2, -0.15) is 0 Å². The third kappa shape index (κ3) is 2.27. The van der Waals surface area contributed by atoms with Crippen LogP contribution < -0.4 is 10.1 Å². The number of benzene rings is 1.